The molecule has 3 heterocycles. The zero-order chi connectivity index (χ0) is 23.4. The summed E-state index contributed by atoms with van der Waals surface area (Å²) >= 11 is 1.07. The van der Waals surface area contributed by atoms with Crippen LogP contribution >= 0.6 is 11.3 Å². The molecule has 1 aromatic heterocycles. The van der Waals surface area contributed by atoms with E-state index in [1.165, 1.54) is 34.6 Å². The molecule has 2 saturated heterocycles. The topological polar surface area (TPSA) is 86.8 Å². The number of likely N-dealkylation sites (tertiary alicyclic amines) is 1. The van der Waals surface area contributed by atoms with E-state index >= 15 is 0 Å². The number of hydrogen-bond donors (Lipinski definition) is 1. The van der Waals surface area contributed by atoms with Crippen LogP contribution in [-0.2, 0) is 14.8 Å². The third kappa shape index (κ3) is 5.62. The molecule has 33 heavy (non-hydrogen) atoms. The van der Waals surface area contributed by atoms with Crippen molar-refractivity contribution in [3.8, 4) is 0 Å². The molecule has 2 fully saturated rings. The fourth-order valence-electron chi connectivity index (χ4n) is 4.28. The molecule has 7 nitrogen and oxygen atoms in total. The smallest absolute Gasteiger partial charge is 0.254 e. The van der Waals surface area contributed by atoms with E-state index in [4.69, 9.17) is 0 Å². The average Bonchev–Trinajstić information content (AvgIpc) is 3.17. The summed E-state index contributed by atoms with van der Waals surface area (Å²) in [6.45, 7) is 1.89. The fraction of sp³-hybridized carbons (Fsp3) is 0.478. The lowest BCUT2D eigenvalue weighted by Gasteiger charge is -2.30. The van der Waals surface area contributed by atoms with Crippen LogP contribution in [0.1, 0.15) is 48.9 Å². The molecule has 4 rings (SSSR count). The first-order valence-electron chi connectivity index (χ1n) is 11.3. The van der Waals surface area contributed by atoms with Crippen molar-refractivity contribution in [3.05, 3.63) is 47.1 Å². The molecular weight excluding hydrogens is 465 g/mol. The summed E-state index contributed by atoms with van der Waals surface area (Å²) in [5.74, 6) is -0.993. The summed E-state index contributed by atoms with van der Waals surface area (Å²) in [4.78, 5) is 27.1. The summed E-state index contributed by atoms with van der Waals surface area (Å²) in [6.07, 6.45) is 4.99. The highest BCUT2D eigenvalue weighted by Gasteiger charge is 2.33. The van der Waals surface area contributed by atoms with Crippen LogP contribution in [0.5, 0.6) is 0 Å². The van der Waals surface area contributed by atoms with Crippen LogP contribution in [0.25, 0.3) is 0 Å². The molecule has 1 N–H and O–H groups in total. The first-order valence-corrected chi connectivity index (χ1v) is 13.6. The Balaban J connectivity index is 1.35. The molecule has 0 atom stereocenters. The number of carbonyl (C=O) groups excluding carboxylic acids is 2. The first-order chi connectivity index (χ1) is 15.8. The number of benzene rings is 1. The highest BCUT2D eigenvalue weighted by molar-refractivity contribution is 7.91. The van der Waals surface area contributed by atoms with Crippen molar-refractivity contribution in [2.24, 2.45) is 5.92 Å². The van der Waals surface area contributed by atoms with Crippen molar-refractivity contribution in [3.63, 3.8) is 0 Å². The molecule has 0 bridgehead atoms. The highest BCUT2D eigenvalue weighted by Crippen LogP contribution is 2.29. The second kappa shape index (κ2) is 10.3. The Kier molecular flexibility index (Phi) is 7.45. The van der Waals surface area contributed by atoms with Crippen LogP contribution in [0, 0.1) is 11.7 Å². The van der Waals surface area contributed by atoms with Gasteiger partial charge >= 0.3 is 0 Å². The predicted molar refractivity (Wildman–Crippen MR) is 125 cm³/mol. The van der Waals surface area contributed by atoms with Gasteiger partial charge < -0.3 is 10.2 Å². The molecule has 0 spiro atoms. The van der Waals surface area contributed by atoms with Gasteiger partial charge in [-0.25, -0.2) is 12.8 Å². The number of nitrogens with one attached hydrogen (secondary N) is 1. The number of halogens is 1. The van der Waals surface area contributed by atoms with Gasteiger partial charge in [0, 0.05) is 43.2 Å². The zero-order valence-corrected chi connectivity index (χ0v) is 20.0. The van der Waals surface area contributed by atoms with E-state index in [0.717, 1.165) is 37.0 Å². The van der Waals surface area contributed by atoms with E-state index < -0.39 is 10.0 Å². The van der Waals surface area contributed by atoms with Crippen LogP contribution < -0.4 is 5.32 Å². The van der Waals surface area contributed by atoms with Gasteiger partial charge in [-0.15, -0.1) is 11.3 Å². The summed E-state index contributed by atoms with van der Waals surface area (Å²) in [5.41, 5.74) is 0.936. The molecule has 178 valence electrons. The lowest BCUT2D eigenvalue weighted by atomic mass is 9.97. The van der Waals surface area contributed by atoms with Gasteiger partial charge in [-0.1, -0.05) is 12.8 Å². The summed E-state index contributed by atoms with van der Waals surface area (Å²) < 4.78 is 40.8. The van der Waals surface area contributed by atoms with Crippen molar-refractivity contribution in [2.45, 2.75) is 42.7 Å². The zero-order valence-electron chi connectivity index (χ0n) is 18.3. The maximum atomic E-state index is 13.1. The van der Waals surface area contributed by atoms with E-state index in [-0.39, 0.29) is 40.8 Å². The number of sulfonamides is 1. The molecule has 2 aliphatic heterocycles. The largest absolute Gasteiger partial charge is 0.339 e. The number of rotatable bonds is 5. The third-order valence-corrected chi connectivity index (χ3v) is 9.56. The number of anilines is 1. The van der Waals surface area contributed by atoms with Gasteiger partial charge in [-0.2, -0.15) is 4.31 Å². The Labute approximate surface area is 197 Å². The van der Waals surface area contributed by atoms with Crippen molar-refractivity contribution < 1.29 is 22.4 Å². The molecule has 0 saturated carbocycles. The van der Waals surface area contributed by atoms with Gasteiger partial charge in [0.15, 0.2) is 0 Å². The number of amides is 2. The molecule has 0 unspecified atom stereocenters. The molecule has 0 aliphatic carbocycles. The van der Waals surface area contributed by atoms with Crippen molar-refractivity contribution in [2.75, 3.05) is 31.5 Å². The summed E-state index contributed by atoms with van der Waals surface area (Å²) in [5, 5.41) is 4.39. The molecule has 2 amide bonds. The van der Waals surface area contributed by atoms with E-state index in [0.29, 0.717) is 37.2 Å². The number of nitrogens with zero attached hydrogens (tertiary/aromatic N) is 2. The summed E-state index contributed by atoms with van der Waals surface area (Å²) in [6, 6.07) is 7.03. The normalized spacial score (nSPS) is 18.6. The molecule has 1 aromatic carbocycles. The molecule has 2 aliphatic rings. The summed E-state index contributed by atoms with van der Waals surface area (Å²) in [7, 11) is -3.72. The predicted octanol–water partition coefficient (Wildman–Crippen LogP) is 3.94. The van der Waals surface area contributed by atoms with Gasteiger partial charge in [0.2, 0.25) is 5.91 Å². The van der Waals surface area contributed by atoms with E-state index in [1.54, 1.807) is 5.38 Å². The van der Waals surface area contributed by atoms with Crippen LogP contribution in [0.15, 0.2) is 39.9 Å². The maximum absolute atomic E-state index is 13.1. The quantitative estimate of drug-likeness (QED) is 0.684. The Morgan fingerprint density at radius 2 is 1.61 bits per heavy atom. The number of piperidine rings is 1. The van der Waals surface area contributed by atoms with E-state index in [1.807, 2.05) is 4.90 Å². The Bertz CT molecular complexity index is 1090. The maximum Gasteiger partial charge on any atom is 0.254 e. The second-order valence-corrected chi connectivity index (χ2v) is 11.6. The van der Waals surface area contributed by atoms with Crippen LogP contribution in [0.3, 0.4) is 0 Å². The molecule has 10 heteroatoms. The second-order valence-electron chi connectivity index (χ2n) is 8.54. The Morgan fingerprint density at radius 3 is 2.24 bits per heavy atom. The lowest BCUT2D eigenvalue weighted by Crippen LogP contribution is -2.41. The highest BCUT2D eigenvalue weighted by atomic mass is 32.2. The average molecular weight is 494 g/mol. The van der Waals surface area contributed by atoms with Crippen molar-refractivity contribution in [1.29, 1.82) is 0 Å². The third-order valence-electron chi connectivity index (χ3n) is 6.25. The minimum absolute atomic E-state index is 0.106. The molecular formula is C23H28FN3O4S2. The van der Waals surface area contributed by atoms with Crippen LogP contribution in [0.4, 0.5) is 10.1 Å². The van der Waals surface area contributed by atoms with Crippen LogP contribution in [-0.4, -0.2) is 55.6 Å². The van der Waals surface area contributed by atoms with Crippen molar-refractivity contribution in [1.82, 2.24) is 9.21 Å². The lowest BCUT2D eigenvalue weighted by molar-refractivity contribution is -0.120. The van der Waals surface area contributed by atoms with Gasteiger partial charge in [-0.3, -0.25) is 9.59 Å². The monoisotopic (exact) mass is 493 g/mol. The number of thiophene rings is 1. The van der Waals surface area contributed by atoms with E-state index in [9.17, 15) is 22.4 Å². The fourth-order valence-corrected chi connectivity index (χ4v) is 7.06. The Morgan fingerprint density at radius 1 is 0.970 bits per heavy atom. The van der Waals surface area contributed by atoms with Gasteiger partial charge in [0.05, 0.1) is 5.56 Å². The SMILES string of the molecule is O=C(Nc1ccc(F)cc1)C1CCN(S(=O)(=O)c2cc(C(=O)N3CCCCCC3)cs2)CC1. The van der Waals surface area contributed by atoms with Crippen molar-refractivity contribution >= 4 is 38.9 Å². The Hall–Kier alpha value is -2.30. The van der Waals surface area contributed by atoms with Gasteiger partial charge in [0.1, 0.15) is 10.0 Å². The van der Waals surface area contributed by atoms with Gasteiger partial charge in [-0.05, 0) is 56.0 Å². The minimum Gasteiger partial charge on any atom is -0.339 e. The number of carbonyl (C=O) groups is 2. The van der Waals surface area contributed by atoms with Gasteiger partial charge in [0.25, 0.3) is 15.9 Å². The molecule has 2 aromatic rings. The molecule has 0 radical (unpaired) electrons. The minimum atomic E-state index is -3.72. The first kappa shape index (κ1) is 23.8. The van der Waals surface area contributed by atoms with Crippen LogP contribution in [0.2, 0.25) is 0 Å². The standard InChI is InChI=1S/C23H28FN3O4S2/c24-19-5-7-20(8-6-19)25-22(28)17-9-13-27(14-10-17)33(30,31)21-15-18(16-32-21)23(29)26-11-3-1-2-4-12-26/h5-8,15-17H,1-4,9-14H2,(H,25,28). The van der Waals surface area contributed by atoms with E-state index in [2.05, 4.69) is 5.32 Å². The number of hydrogen-bond acceptors (Lipinski definition) is 5.